The molecule has 0 saturated heterocycles. The van der Waals surface area contributed by atoms with Crippen LogP contribution in [0, 0.1) is 5.92 Å². The Morgan fingerprint density at radius 1 is 1.14 bits per heavy atom. The number of thiophene rings is 1. The maximum absolute atomic E-state index is 13.7. The van der Waals surface area contributed by atoms with Gasteiger partial charge in [0, 0.05) is 30.3 Å². The summed E-state index contributed by atoms with van der Waals surface area (Å²) in [6.07, 6.45) is 4.49. The lowest BCUT2D eigenvalue weighted by atomic mass is 10.1. The predicted octanol–water partition coefficient (Wildman–Crippen LogP) is 8.69. The second-order valence-corrected chi connectivity index (χ2v) is 26.2. The smallest absolute Gasteiger partial charge is 0.208 e. The fourth-order valence-corrected chi connectivity index (χ4v) is 14.0. The predicted molar refractivity (Wildman–Crippen MR) is 180 cm³/mol. The number of hydrogen-bond acceptors (Lipinski definition) is 8. The lowest BCUT2D eigenvalue weighted by molar-refractivity contribution is 0.0941. The monoisotopic (exact) mass is 653 g/mol. The largest absolute Gasteiger partial charge is 0.413 e. The van der Waals surface area contributed by atoms with Crippen LogP contribution in [-0.4, -0.2) is 56.2 Å². The molecule has 0 spiro atoms. The number of nitrogens with zero attached hydrogens (tertiary/aromatic N) is 2. The second-order valence-electron chi connectivity index (χ2n) is 14.3. The summed E-state index contributed by atoms with van der Waals surface area (Å²) in [6, 6.07) is 1.86. The van der Waals surface area contributed by atoms with E-state index in [1.807, 2.05) is 6.07 Å². The Morgan fingerprint density at radius 2 is 1.76 bits per heavy atom. The van der Waals surface area contributed by atoms with Gasteiger partial charge in [-0.15, -0.1) is 11.3 Å². The van der Waals surface area contributed by atoms with Crippen LogP contribution in [0.25, 0.3) is 0 Å². The third-order valence-electron chi connectivity index (χ3n) is 9.60. The number of aliphatic hydroxyl groups is 1. The average Bonchev–Trinajstić information content (AvgIpc) is 3.46. The molecule has 11 heteroatoms. The Morgan fingerprint density at radius 3 is 2.31 bits per heavy atom. The van der Waals surface area contributed by atoms with Crippen LogP contribution in [0.5, 0.6) is 0 Å². The van der Waals surface area contributed by atoms with Crippen molar-refractivity contribution in [2.24, 2.45) is 5.92 Å². The second kappa shape index (κ2) is 13.9. The Kier molecular flexibility index (Phi) is 11.7. The number of nitrogens with one attached hydrogen (secondary N) is 1. The zero-order valence-electron chi connectivity index (χ0n) is 27.4. The molecule has 3 unspecified atom stereocenters. The fourth-order valence-electron chi connectivity index (χ4n) is 6.24. The van der Waals surface area contributed by atoms with Gasteiger partial charge in [0.25, 0.3) is 0 Å². The molecule has 2 aromatic rings. The van der Waals surface area contributed by atoms with Gasteiger partial charge in [0.2, 0.25) is 14.1 Å². The van der Waals surface area contributed by atoms with Gasteiger partial charge in [-0.2, -0.15) is 0 Å². The maximum atomic E-state index is 13.7. The quantitative estimate of drug-likeness (QED) is 0.165. The molecular formula is C31H52ClN3O4SSi2. The highest BCUT2D eigenvalue weighted by molar-refractivity contribution is 7.18. The number of ketones is 1. The van der Waals surface area contributed by atoms with Crippen molar-refractivity contribution in [3.63, 3.8) is 0 Å². The molecule has 3 rings (SSSR count). The first-order chi connectivity index (χ1) is 19.4. The van der Waals surface area contributed by atoms with Crippen LogP contribution in [0.3, 0.4) is 0 Å². The molecule has 0 aliphatic heterocycles. The van der Waals surface area contributed by atoms with Gasteiger partial charge < -0.3 is 19.3 Å². The Hall–Kier alpha value is -1.15. The standard InChI is InChI=1S/C31H52ClN3O4SSi2/c1-19(2)42(20(3)4,21(5)6)39-26-14-24(12-22(26)16-36)35-30-25(15-33-18-34-30)28(37)27-13-23(29(32)40-27)17-38-41(10,11)31(7,8)9/h13,15,18-22,24,26,36H,12,14,16-17H2,1-11H3,(H,33,34,35). The van der Waals surface area contributed by atoms with Gasteiger partial charge in [-0.05, 0) is 53.7 Å². The molecule has 42 heavy (non-hydrogen) atoms. The zero-order valence-corrected chi connectivity index (χ0v) is 30.9. The Bertz CT molecular complexity index is 1190. The van der Waals surface area contributed by atoms with Crippen molar-refractivity contribution in [3.8, 4) is 0 Å². The van der Waals surface area contributed by atoms with Gasteiger partial charge in [-0.1, -0.05) is 73.9 Å². The van der Waals surface area contributed by atoms with E-state index >= 15 is 0 Å². The molecule has 1 aliphatic carbocycles. The lowest BCUT2D eigenvalue weighted by Crippen LogP contribution is -2.51. The fraction of sp³-hybridized carbons (Fsp3) is 0.710. The number of aliphatic hydroxyl groups excluding tert-OH is 1. The van der Waals surface area contributed by atoms with Crippen molar-refractivity contribution < 1.29 is 18.8 Å². The van der Waals surface area contributed by atoms with Crippen molar-refractivity contribution in [1.29, 1.82) is 0 Å². The van der Waals surface area contributed by atoms with E-state index in [1.54, 1.807) is 6.20 Å². The zero-order chi connectivity index (χ0) is 31.6. The van der Waals surface area contributed by atoms with Crippen LogP contribution in [-0.2, 0) is 15.5 Å². The van der Waals surface area contributed by atoms with E-state index in [1.165, 1.54) is 17.7 Å². The van der Waals surface area contributed by atoms with Crippen molar-refractivity contribution >= 4 is 51.2 Å². The molecule has 7 nitrogen and oxygen atoms in total. The third-order valence-corrected chi connectivity index (χ3v) is 21.6. The number of anilines is 1. The summed E-state index contributed by atoms with van der Waals surface area (Å²) in [5.41, 5.74) is 2.63. The normalized spacial score (nSPS) is 20.2. The lowest BCUT2D eigenvalue weighted by Gasteiger charge is -2.45. The van der Waals surface area contributed by atoms with Crippen molar-refractivity contribution in [2.45, 2.75) is 129 Å². The third kappa shape index (κ3) is 7.55. The SMILES string of the molecule is CC(C)[Si](OC1CC(Nc2ncncc2C(=O)c2cc(CO[Si](C)(C)C(C)(C)C)c(Cl)s2)CC1CO)(C(C)C)C(C)C. The van der Waals surface area contributed by atoms with E-state index in [0.717, 1.165) is 18.4 Å². The molecule has 1 fully saturated rings. The molecule has 3 atom stereocenters. The molecule has 1 aliphatic rings. The van der Waals surface area contributed by atoms with Crippen molar-refractivity contribution in [2.75, 3.05) is 11.9 Å². The van der Waals surface area contributed by atoms with Crippen molar-refractivity contribution in [1.82, 2.24) is 9.97 Å². The summed E-state index contributed by atoms with van der Waals surface area (Å²) in [5.74, 6) is 0.367. The molecule has 2 heterocycles. The number of hydrogen-bond donors (Lipinski definition) is 2. The van der Waals surface area contributed by atoms with Gasteiger partial charge in [0.05, 0.1) is 27.5 Å². The summed E-state index contributed by atoms with van der Waals surface area (Å²) in [4.78, 5) is 22.9. The first kappa shape index (κ1) is 35.3. The Labute approximate surface area is 264 Å². The molecule has 0 amide bonds. The van der Waals surface area contributed by atoms with E-state index in [4.69, 9.17) is 20.5 Å². The number of rotatable bonds is 13. The van der Waals surface area contributed by atoms with Gasteiger partial charge in [-0.3, -0.25) is 4.79 Å². The highest BCUT2D eigenvalue weighted by Crippen LogP contribution is 2.46. The number of carbonyl (C=O) groups excluding carboxylic acids is 1. The van der Waals surface area contributed by atoms with E-state index in [9.17, 15) is 9.90 Å². The molecule has 0 radical (unpaired) electrons. The average molecular weight is 654 g/mol. The molecule has 2 aromatic heterocycles. The van der Waals surface area contributed by atoms with Crippen LogP contribution < -0.4 is 5.32 Å². The molecule has 2 N–H and O–H groups in total. The van der Waals surface area contributed by atoms with Crippen LogP contribution in [0.4, 0.5) is 5.82 Å². The van der Waals surface area contributed by atoms with Crippen LogP contribution in [0.1, 0.15) is 96.0 Å². The summed E-state index contributed by atoms with van der Waals surface area (Å²) in [5, 5.41) is 13.9. The highest BCUT2D eigenvalue weighted by atomic mass is 35.5. The minimum atomic E-state index is -2.12. The van der Waals surface area contributed by atoms with E-state index in [2.05, 4.69) is 90.7 Å². The molecule has 0 aromatic carbocycles. The molecular weight excluding hydrogens is 602 g/mol. The van der Waals surface area contributed by atoms with Gasteiger partial charge in [-0.25, -0.2) is 9.97 Å². The highest BCUT2D eigenvalue weighted by Gasteiger charge is 2.49. The van der Waals surface area contributed by atoms with E-state index in [-0.39, 0.29) is 35.5 Å². The van der Waals surface area contributed by atoms with Gasteiger partial charge >= 0.3 is 0 Å². The van der Waals surface area contributed by atoms with Crippen LogP contribution in [0.15, 0.2) is 18.6 Å². The minimum Gasteiger partial charge on any atom is -0.413 e. The van der Waals surface area contributed by atoms with Crippen LogP contribution in [0.2, 0.25) is 39.1 Å². The Balaban J connectivity index is 1.79. The molecule has 236 valence electrons. The topological polar surface area (TPSA) is 93.6 Å². The van der Waals surface area contributed by atoms with Gasteiger partial charge in [0.1, 0.15) is 12.1 Å². The summed E-state index contributed by atoms with van der Waals surface area (Å²) in [6.45, 7) is 25.2. The molecule has 0 bridgehead atoms. The van der Waals surface area contributed by atoms with E-state index in [0.29, 0.717) is 43.8 Å². The first-order valence-corrected chi connectivity index (χ1v) is 21.5. The van der Waals surface area contributed by atoms with Crippen LogP contribution >= 0.6 is 22.9 Å². The minimum absolute atomic E-state index is 0.0206. The first-order valence-electron chi connectivity index (χ1n) is 15.3. The summed E-state index contributed by atoms with van der Waals surface area (Å²) in [7, 11) is -4.08. The van der Waals surface area contributed by atoms with Crippen molar-refractivity contribution in [3.05, 3.63) is 38.9 Å². The maximum Gasteiger partial charge on any atom is 0.208 e. The molecule has 1 saturated carbocycles. The number of halogens is 1. The number of carbonyl (C=O) groups is 1. The summed E-state index contributed by atoms with van der Waals surface area (Å²) >= 11 is 7.85. The summed E-state index contributed by atoms with van der Waals surface area (Å²) < 4.78 is 14.0. The van der Waals surface area contributed by atoms with E-state index < -0.39 is 16.6 Å². The number of aromatic nitrogens is 2. The van der Waals surface area contributed by atoms with Gasteiger partial charge in [0.15, 0.2) is 8.32 Å².